The zero-order chi connectivity index (χ0) is 22.2. The minimum absolute atomic E-state index is 0.0943. The molecule has 1 aliphatic heterocycles. The molecule has 0 radical (unpaired) electrons. The van der Waals surface area contributed by atoms with Crippen molar-refractivity contribution in [1.29, 1.82) is 0 Å². The molecule has 0 saturated carbocycles. The average molecular weight is 448 g/mol. The van der Waals surface area contributed by atoms with Crippen molar-refractivity contribution in [3.8, 4) is 0 Å². The Morgan fingerprint density at radius 2 is 1.68 bits per heavy atom. The fourth-order valence-electron chi connectivity index (χ4n) is 3.69. The lowest BCUT2D eigenvalue weighted by Gasteiger charge is -2.35. The molecule has 1 heterocycles. The highest BCUT2D eigenvalue weighted by Gasteiger charge is 2.24. The number of ether oxygens (including phenoxy) is 1. The number of nitrogens with zero attached hydrogens (tertiary/aromatic N) is 1. The van der Waals surface area contributed by atoms with Gasteiger partial charge < -0.3 is 15.4 Å². The first kappa shape index (κ1) is 23.2. The van der Waals surface area contributed by atoms with Crippen molar-refractivity contribution in [2.75, 3.05) is 32.8 Å². The van der Waals surface area contributed by atoms with E-state index in [4.69, 9.17) is 16.3 Å². The van der Waals surface area contributed by atoms with Gasteiger partial charge in [0, 0.05) is 31.6 Å². The van der Waals surface area contributed by atoms with Crippen LogP contribution in [0.2, 0.25) is 5.02 Å². The van der Waals surface area contributed by atoms with Crippen molar-refractivity contribution in [3.63, 3.8) is 0 Å². The van der Waals surface area contributed by atoms with Crippen molar-refractivity contribution in [2.45, 2.75) is 25.4 Å². The smallest absolute Gasteiger partial charge is 0.222 e. The van der Waals surface area contributed by atoms with E-state index in [0.29, 0.717) is 24.8 Å². The summed E-state index contributed by atoms with van der Waals surface area (Å²) in [5, 5.41) is 6.40. The van der Waals surface area contributed by atoms with E-state index in [0.717, 1.165) is 24.2 Å². The molecule has 1 fully saturated rings. The summed E-state index contributed by atoms with van der Waals surface area (Å²) in [5.41, 5.74) is 1.73. The Bertz CT molecular complexity index is 871. The Kier molecular flexibility index (Phi) is 8.40. The lowest BCUT2D eigenvalue weighted by molar-refractivity contribution is -0.123. The second-order valence-corrected chi connectivity index (χ2v) is 7.96. The van der Waals surface area contributed by atoms with Crippen LogP contribution in [0, 0.1) is 5.82 Å². The molecule has 2 aromatic rings. The van der Waals surface area contributed by atoms with Crippen LogP contribution in [0.25, 0.3) is 0 Å². The minimum atomic E-state index is -0.456. The fourth-order valence-corrected chi connectivity index (χ4v) is 3.82. The van der Waals surface area contributed by atoms with Crippen LogP contribution in [0.4, 0.5) is 4.39 Å². The van der Waals surface area contributed by atoms with Crippen LogP contribution in [0.5, 0.6) is 0 Å². The molecule has 2 aromatic carbocycles. The third kappa shape index (κ3) is 7.02. The van der Waals surface area contributed by atoms with E-state index < -0.39 is 6.04 Å². The summed E-state index contributed by atoms with van der Waals surface area (Å²) in [6.07, 6.45) is 0.0977. The summed E-state index contributed by atoms with van der Waals surface area (Å²) < 4.78 is 18.8. The van der Waals surface area contributed by atoms with Gasteiger partial charge >= 0.3 is 0 Å². The van der Waals surface area contributed by atoms with Crippen LogP contribution < -0.4 is 10.6 Å². The van der Waals surface area contributed by atoms with Gasteiger partial charge in [-0.3, -0.25) is 14.5 Å². The Hall–Kier alpha value is -2.48. The molecule has 2 N–H and O–H groups in total. The molecule has 0 bridgehead atoms. The molecular weight excluding hydrogens is 421 g/mol. The molecule has 2 atom stereocenters. The molecule has 1 aliphatic rings. The summed E-state index contributed by atoms with van der Waals surface area (Å²) in [6.45, 7) is 4.50. The number of carbonyl (C=O) groups excluding carboxylic acids is 2. The lowest BCUT2D eigenvalue weighted by atomic mass is 10.0. The average Bonchev–Trinajstić information content (AvgIpc) is 2.75. The highest BCUT2D eigenvalue weighted by Crippen LogP contribution is 2.23. The van der Waals surface area contributed by atoms with E-state index in [1.165, 1.54) is 19.1 Å². The van der Waals surface area contributed by atoms with E-state index >= 15 is 0 Å². The second kappa shape index (κ2) is 11.2. The molecule has 3 rings (SSSR count). The van der Waals surface area contributed by atoms with E-state index in [2.05, 4.69) is 15.5 Å². The largest absolute Gasteiger partial charge is 0.379 e. The Morgan fingerprint density at radius 3 is 2.29 bits per heavy atom. The maximum absolute atomic E-state index is 13.4. The molecule has 166 valence electrons. The molecule has 0 unspecified atom stereocenters. The van der Waals surface area contributed by atoms with Crippen molar-refractivity contribution in [1.82, 2.24) is 15.5 Å². The lowest BCUT2D eigenvalue weighted by Crippen LogP contribution is -2.44. The summed E-state index contributed by atoms with van der Waals surface area (Å²) in [5.74, 6) is -0.700. The highest BCUT2D eigenvalue weighted by molar-refractivity contribution is 6.30. The molecule has 1 saturated heterocycles. The predicted molar refractivity (Wildman–Crippen MR) is 117 cm³/mol. The molecule has 6 nitrogen and oxygen atoms in total. The van der Waals surface area contributed by atoms with Crippen molar-refractivity contribution in [2.24, 2.45) is 0 Å². The van der Waals surface area contributed by atoms with Crippen LogP contribution in [-0.4, -0.2) is 49.6 Å². The predicted octanol–water partition coefficient (Wildman–Crippen LogP) is 3.24. The van der Waals surface area contributed by atoms with E-state index in [1.54, 1.807) is 36.4 Å². The number of hydrogen-bond acceptors (Lipinski definition) is 4. The second-order valence-electron chi connectivity index (χ2n) is 7.53. The minimum Gasteiger partial charge on any atom is -0.379 e. The molecule has 0 spiro atoms. The van der Waals surface area contributed by atoms with Crippen LogP contribution in [0.15, 0.2) is 48.5 Å². The highest BCUT2D eigenvalue weighted by atomic mass is 35.5. The molecule has 8 heteroatoms. The van der Waals surface area contributed by atoms with Gasteiger partial charge in [-0.15, -0.1) is 0 Å². The van der Waals surface area contributed by atoms with Gasteiger partial charge in [0.1, 0.15) is 5.82 Å². The summed E-state index contributed by atoms with van der Waals surface area (Å²) in [7, 11) is 0. The van der Waals surface area contributed by atoms with Gasteiger partial charge in [0.2, 0.25) is 11.8 Å². The Labute approximate surface area is 186 Å². The van der Waals surface area contributed by atoms with Gasteiger partial charge in [-0.1, -0.05) is 35.9 Å². The number of carbonyl (C=O) groups is 2. The zero-order valence-electron chi connectivity index (χ0n) is 17.4. The quantitative estimate of drug-likeness (QED) is 0.651. The first-order chi connectivity index (χ1) is 14.9. The van der Waals surface area contributed by atoms with E-state index in [1.807, 2.05) is 0 Å². The van der Waals surface area contributed by atoms with E-state index in [-0.39, 0.29) is 30.1 Å². The number of nitrogens with one attached hydrogen (secondary N) is 2. The van der Waals surface area contributed by atoms with Gasteiger partial charge in [-0.25, -0.2) is 4.39 Å². The maximum atomic E-state index is 13.4. The molecule has 31 heavy (non-hydrogen) atoms. The van der Waals surface area contributed by atoms with Gasteiger partial charge in [-0.05, 0) is 35.4 Å². The number of hydrogen-bond donors (Lipinski definition) is 2. The number of rotatable bonds is 8. The first-order valence-electron chi connectivity index (χ1n) is 10.3. The molecule has 2 amide bonds. The van der Waals surface area contributed by atoms with Crippen molar-refractivity contribution >= 4 is 23.4 Å². The fraction of sp³-hybridized carbons (Fsp3) is 0.391. The number of halogens is 2. The number of benzene rings is 2. The van der Waals surface area contributed by atoms with Crippen LogP contribution >= 0.6 is 11.6 Å². The summed E-state index contributed by atoms with van der Waals surface area (Å²) in [6, 6.07) is 12.8. The van der Waals surface area contributed by atoms with Gasteiger partial charge in [-0.2, -0.15) is 0 Å². The molecular formula is C23H27ClFN3O3. The van der Waals surface area contributed by atoms with Gasteiger partial charge in [0.25, 0.3) is 0 Å². The third-order valence-corrected chi connectivity index (χ3v) is 5.53. The van der Waals surface area contributed by atoms with E-state index in [9.17, 15) is 14.0 Å². The maximum Gasteiger partial charge on any atom is 0.222 e. The Balaban J connectivity index is 1.67. The molecule has 0 aliphatic carbocycles. The summed E-state index contributed by atoms with van der Waals surface area (Å²) >= 11 is 5.95. The zero-order valence-corrected chi connectivity index (χ0v) is 18.2. The Morgan fingerprint density at radius 1 is 1.06 bits per heavy atom. The van der Waals surface area contributed by atoms with Crippen LogP contribution in [0.1, 0.15) is 36.6 Å². The number of amides is 2. The first-order valence-corrected chi connectivity index (χ1v) is 10.7. The van der Waals surface area contributed by atoms with Crippen molar-refractivity contribution in [3.05, 3.63) is 70.5 Å². The third-order valence-electron chi connectivity index (χ3n) is 5.27. The van der Waals surface area contributed by atoms with Crippen LogP contribution in [0.3, 0.4) is 0 Å². The summed E-state index contributed by atoms with van der Waals surface area (Å²) in [4.78, 5) is 26.6. The van der Waals surface area contributed by atoms with Gasteiger partial charge in [0.05, 0.1) is 31.7 Å². The van der Waals surface area contributed by atoms with Crippen molar-refractivity contribution < 1.29 is 18.7 Å². The number of morpholine rings is 1. The standard InChI is InChI=1S/C23H27ClFN3O3/c1-16(29)27-21(17-2-6-19(24)7-3-17)14-23(30)26-15-22(28-10-12-31-13-11-28)18-4-8-20(25)9-5-18/h2-9,21-22H,10-15H2,1H3,(H,26,30)(H,27,29)/t21-,22-/m1/s1. The monoisotopic (exact) mass is 447 g/mol. The topological polar surface area (TPSA) is 70.7 Å². The molecule has 0 aromatic heterocycles. The SMILES string of the molecule is CC(=O)N[C@H](CC(=O)NC[C@H](c1ccc(F)cc1)N1CCOCC1)c1ccc(Cl)cc1. The van der Waals surface area contributed by atoms with Crippen LogP contribution in [-0.2, 0) is 14.3 Å². The van der Waals surface area contributed by atoms with Gasteiger partial charge in [0.15, 0.2) is 0 Å². The normalized spacial score (nSPS) is 16.4.